The molecule has 1 fully saturated rings. The predicted molar refractivity (Wildman–Crippen MR) is 160 cm³/mol. The number of nitrogens with one attached hydrogen (secondary N) is 2. The summed E-state index contributed by atoms with van der Waals surface area (Å²) in [5.74, 6) is -0.843. The minimum atomic E-state index is -4.03. The fourth-order valence-corrected chi connectivity index (χ4v) is 7.36. The van der Waals surface area contributed by atoms with E-state index in [1.54, 1.807) is 24.3 Å². The van der Waals surface area contributed by atoms with E-state index in [9.17, 15) is 18.0 Å². The number of amides is 2. The highest BCUT2D eigenvalue weighted by molar-refractivity contribution is 7.91. The standard InChI is InChI=1S/C31H35ClN4O4S/c1-2-25-8-5-6-18-35(25)19-7-17-33-30(37)23-13-16-29-27(20-23)36(34-21-22-11-14-24(32)15-12-22)31(38)26-9-3-4-10-28(26)41(29,39)40/h3-4,9-16,20,25,34H,2,5-8,17-19,21H2,1H3,(H,33,37). The smallest absolute Gasteiger partial charge is 0.274 e. The first-order valence-electron chi connectivity index (χ1n) is 14.1. The molecule has 2 heterocycles. The number of piperidine rings is 1. The Morgan fingerprint density at radius 1 is 1.02 bits per heavy atom. The number of halogens is 1. The zero-order chi connectivity index (χ0) is 29.0. The highest BCUT2D eigenvalue weighted by Crippen LogP contribution is 2.36. The Morgan fingerprint density at radius 3 is 2.59 bits per heavy atom. The van der Waals surface area contributed by atoms with E-state index in [0.29, 0.717) is 17.6 Å². The molecular formula is C31H35ClN4O4S. The molecule has 0 radical (unpaired) electrons. The monoisotopic (exact) mass is 594 g/mol. The van der Waals surface area contributed by atoms with Gasteiger partial charge in [0.2, 0.25) is 9.84 Å². The van der Waals surface area contributed by atoms with Crippen LogP contribution in [0.2, 0.25) is 5.02 Å². The van der Waals surface area contributed by atoms with Gasteiger partial charge in [0.15, 0.2) is 0 Å². The molecule has 2 amide bonds. The summed E-state index contributed by atoms with van der Waals surface area (Å²) < 4.78 is 27.4. The lowest BCUT2D eigenvalue weighted by molar-refractivity contribution is 0.0942. The van der Waals surface area contributed by atoms with Crippen molar-refractivity contribution in [2.75, 3.05) is 24.6 Å². The number of likely N-dealkylation sites (tertiary alicyclic amines) is 1. The maximum Gasteiger partial charge on any atom is 0.274 e. The number of nitrogens with zero attached hydrogens (tertiary/aromatic N) is 2. The van der Waals surface area contributed by atoms with Crippen molar-refractivity contribution in [1.29, 1.82) is 0 Å². The third-order valence-electron chi connectivity index (χ3n) is 7.84. The van der Waals surface area contributed by atoms with Gasteiger partial charge in [0.1, 0.15) is 0 Å². The van der Waals surface area contributed by atoms with Crippen LogP contribution in [0.1, 0.15) is 65.3 Å². The minimum absolute atomic E-state index is 0.0494. The van der Waals surface area contributed by atoms with Gasteiger partial charge in [-0.15, -0.1) is 0 Å². The van der Waals surface area contributed by atoms with Gasteiger partial charge in [-0.3, -0.25) is 9.59 Å². The van der Waals surface area contributed by atoms with Crippen molar-refractivity contribution in [3.05, 3.63) is 88.4 Å². The Hall–Kier alpha value is -3.24. The lowest BCUT2D eigenvalue weighted by atomic mass is 10.00. The number of benzene rings is 3. The van der Waals surface area contributed by atoms with Crippen LogP contribution in [0.15, 0.2) is 76.5 Å². The van der Waals surface area contributed by atoms with Gasteiger partial charge in [0.05, 0.1) is 21.0 Å². The number of carbonyl (C=O) groups is 2. The number of hydrazine groups is 1. The number of hydrogen-bond acceptors (Lipinski definition) is 6. The van der Waals surface area contributed by atoms with Gasteiger partial charge in [-0.2, -0.15) is 0 Å². The summed E-state index contributed by atoms with van der Waals surface area (Å²) in [6.45, 7) is 4.98. The van der Waals surface area contributed by atoms with Crippen molar-refractivity contribution >= 4 is 38.9 Å². The molecule has 0 aliphatic carbocycles. The van der Waals surface area contributed by atoms with Gasteiger partial charge in [0, 0.05) is 36.3 Å². The number of carbonyl (C=O) groups excluding carboxylic acids is 2. The Labute approximate surface area is 246 Å². The Kier molecular flexibility index (Phi) is 9.09. The zero-order valence-corrected chi connectivity index (χ0v) is 24.7. The second-order valence-electron chi connectivity index (χ2n) is 10.5. The summed E-state index contributed by atoms with van der Waals surface area (Å²) in [4.78, 5) is 29.3. The van der Waals surface area contributed by atoms with E-state index in [1.165, 1.54) is 54.6 Å². The van der Waals surface area contributed by atoms with Crippen LogP contribution < -0.4 is 15.8 Å². The summed E-state index contributed by atoms with van der Waals surface area (Å²) in [6.07, 6.45) is 5.68. The Bertz CT molecular complexity index is 1530. The van der Waals surface area contributed by atoms with E-state index in [0.717, 1.165) is 31.5 Å². The summed E-state index contributed by atoms with van der Waals surface area (Å²) >= 11 is 6.01. The summed E-state index contributed by atoms with van der Waals surface area (Å²) in [5.41, 5.74) is 4.37. The third kappa shape index (κ3) is 6.33. The maximum absolute atomic E-state index is 13.7. The van der Waals surface area contributed by atoms with Crippen molar-refractivity contribution in [3.8, 4) is 0 Å². The lowest BCUT2D eigenvalue weighted by Gasteiger charge is -2.35. The molecule has 5 rings (SSSR count). The van der Waals surface area contributed by atoms with Crippen molar-refractivity contribution in [1.82, 2.24) is 15.6 Å². The molecular weight excluding hydrogens is 560 g/mol. The summed E-state index contributed by atoms with van der Waals surface area (Å²) in [5, 5.41) is 4.78. The van der Waals surface area contributed by atoms with Gasteiger partial charge in [-0.25, -0.2) is 18.9 Å². The number of anilines is 1. The lowest BCUT2D eigenvalue weighted by Crippen LogP contribution is -2.43. The molecule has 1 atom stereocenters. The molecule has 2 aliphatic rings. The van der Waals surface area contributed by atoms with Crippen LogP contribution in [0.25, 0.3) is 0 Å². The molecule has 0 spiro atoms. The average Bonchev–Trinajstić information content (AvgIpc) is 3.06. The largest absolute Gasteiger partial charge is 0.352 e. The number of sulfone groups is 1. The van der Waals surface area contributed by atoms with Gasteiger partial charge in [-0.1, -0.05) is 49.2 Å². The van der Waals surface area contributed by atoms with Crippen molar-refractivity contribution < 1.29 is 18.0 Å². The molecule has 41 heavy (non-hydrogen) atoms. The average molecular weight is 595 g/mol. The van der Waals surface area contributed by atoms with E-state index in [4.69, 9.17) is 11.6 Å². The molecule has 1 saturated heterocycles. The van der Waals surface area contributed by atoms with Crippen molar-refractivity contribution in [2.45, 2.75) is 61.4 Å². The summed E-state index contributed by atoms with van der Waals surface area (Å²) in [6, 6.07) is 18.3. The number of fused-ring (bicyclic) bond motifs is 2. The van der Waals surface area contributed by atoms with Gasteiger partial charge < -0.3 is 10.2 Å². The van der Waals surface area contributed by atoms with Crippen molar-refractivity contribution in [3.63, 3.8) is 0 Å². The quantitative estimate of drug-likeness (QED) is 0.330. The van der Waals surface area contributed by atoms with E-state index in [1.807, 2.05) is 12.1 Å². The van der Waals surface area contributed by atoms with Gasteiger partial charge in [0.25, 0.3) is 11.8 Å². The fraction of sp³-hybridized carbons (Fsp3) is 0.355. The topological polar surface area (TPSA) is 98.8 Å². The highest BCUT2D eigenvalue weighted by Gasteiger charge is 2.36. The predicted octanol–water partition coefficient (Wildman–Crippen LogP) is 5.22. The molecule has 3 aromatic carbocycles. The van der Waals surface area contributed by atoms with E-state index in [-0.39, 0.29) is 39.1 Å². The molecule has 8 nitrogen and oxygen atoms in total. The molecule has 1 unspecified atom stereocenters. The van der Waals surface area contributed by atoms with Crippen LogP contribution in [0.3, 0.4) is 0 Å². The van der Waals surface area contributed by atoms with Crippen LogP contribution >= 0.6 is 11.6 Å². The first kappa shape index (κ1) is 29.3. The number of hydrogen-bond donors (Lipinski definition) is 2. The van der Waals surface area contributed by atoms with Crippen molar-refractivity contribution in [2.24, 2.45) is 0 Å². The van der Waals surface area contributed by atoms with Crippen LogP contribution in [-0.4, -0.2) is 50.8 Å². The third-order valence-corrected chi connectivity index (χ3v) is 9.96. The fourth-order valence-electron chi connectivity index (χ4n) is 5.62. The minimum Gasteiger partial charge on any atom is -0.352 e. The van der Waals surface area contributed by atoms with E-state index in [2.05, 4.69) is 22.6 Å². The van der Waals surface area contributed by atoms with Crippen LogP contribution in [0, 0.1) is 0 Å². The number of rotatable bonds is 9. The first-order chi connectivity index (χ1) is 19.8. The second-order valence-corrected chi connectivity index (χ2v) is 12.8. The van der Waals surface area contributed by atoms with Gasteiger partial charge in [-0.05, 0) is 80.3 Å². The summed E-state index contributed by atoms with van der Waals surface area (Å²) in [7, 11) is -4.03. The Balaban J connectivity index is 1.38. The molecule has 2 N–H and O–H groups in total. The molecule has 2 aliphatic heterocycles. The van der Waals surface area contributed by atoms with E-state index >= 15 is 0 Å². The molecule has 0 aromatic heterocycles. The SMILES string of the molecule is CCC1CCCCN1CCCNC(=O)c1ccc2c(c1)N(NCc1ccc(Cl)cc1)C(=O)c1ccccc1S2(=O)=O. The van der Waals surface area contributed by atoms with E-state index < -0.39 is 15.7 Å². The van der Waals surface area contributed by atoms with Crippen LogP contribution in [0.4, 0.5) is 5.69 Å². The zero-order valence-electron chi connectivity index (χ0n) is 23.1. The van der Waals surface area contributed by atoms with Crippen LogP contribution in [0.5, 0.6) is 0 Å². The second kappa shape index (κ2) is 12.7. The molecule has 0 bridgehead atoms. The normalized spacial score (nSPS) is 18.3. The molecule has 3 aromatic rings. The molecule has 216 valence electrons. The van der Waals surface area contributed by atoms with Crippen LogP contribution in [-0.2, 0) is 16.4 Å². The molecule has 10 heteroatoms. The Morgan fingerprint density at radius 2 is 1.80 bits per heavy atom. The maximum atomic E-state index is 13.7. The first-order valence-corrected chi connectivity index (χ1v) is 16.0. The highest BCUT2D eigenvalue weighted by atomic mass is 35.5. The van der Waals surface area contributed by atoms with Gasteiger partial charge >= 0.3 is 0 Å². The molecule has 0 saturated carbocycles.